The molecule has 1 aliphatic carbocycles. The maximum atomic E-state index is 11.6. The number of halogens is 2. The number of carbonyl (C=O) groups is 1. The fraction of sp³-hybridized carbons (Fsp3) is 0.333. The largest absolute Gasteiger partial charge is 0.479 e. The zero-order chi connectivity index (χ0) is 14.3. The Morgan fingerprint density at radius 2 is 2.15 bits per heavy atom. The highest BCUT2D eigenvalue weighted by atomic mass is 79.9. The molecule has 0 bridgehead atoms. The number of carboxylic acids is 1. The number of benzene rings is 1. The van der Waals surface area contributed by atoms with Crippen LogP contribution in [0.1, 0.15) is 19.3 Å². The van der Waals surface area contributed by atoms with Crippen molar-refractivity contribution in [3.63, 3.8) is 0 Å². The van der Waals surface area contributed by atoms with Crippen LogP contribution in [0.25, 0.3) is 11.4 Å². The number of tetrazole rings is 1. The molecule has 0 aliphatic heterocycles. The highest BCUT2D eigenvalue weighted by molar-refractivity contribution is 9.10. The van der Waals surface area contributed by atoms with Gasteiger partial charge in [0, 0.05) is 15.1 Å². The van der Waals surface area contributed by atoms with E-state index in [1.165, 1.54) is 4.68 Å². The van der Waals surface area contributed by atoms with Gasteiger partial charge in [-0.25, -0.2) is 9.48 Å². The Hall–Kier alpha value is -1.47. The molecule has 104 valence electrons. The molecular formula is C12H10BrClN4O2. The summed E-state index contributed by atoms with van der Waals surface area (Å²) in [5, 5.41) is 21.5. The summed E-state index contributed by atoms with van der Waals surface area (Å²) in [6.07, 6.45) is 1.91. The van der Waals surface area contributed by atoms with Crippen molar-refractivity contribution in [3.05, 3.63) is 27.7 Å². The third kappa shape index (κ3) is 2.01. The highest BCUT2D eigenvalue weighted by Crippen LogP contribution is 2.41. The molecular weight excluding hydrogens is 348 g/mol. The van der Waals surface area contributed by atoms with Crippen molar-refractivity contribution < 1.29 is 9.90 Å². The first-order valence-electron chi connectivity index (χ1n) is 6.02. The van der Waals surface area contributed by atoms with Gasteiger partial charge in [0.05, 0.1) is 0 Å². The van der Waals surface area contributed by atoms with Gasteiger partial charge in [0.25, 0.3) is 0 Å². The van der Waals surface area contributed by atoms with Gasteiger partial charge in [-0.1, -0.05) is 27.5 Å². The highest BCUT2D eigenvalue weighted by Gasteiger charge is 2.49. The second-order valence-electron chi connectivity index (χ2n) is 4.76. The summed E-state index contributed by atoms with van der Waals surface area (Å²) in [5.41, 5.74) is -0.352. The Balaban J connectivity index is 2.13. The SMILES string of the molecule is O=C(O)C1(n2nnnc2-c2cc(Cl)cc(Br)c2)CCC1. The first-order chi connectivity index (χ1) is 9.53. The van der Waals surface area contributed by atoms with Crippen LogP contribution in [-0.4, -0.2) is 31.3 Å². The zero-order valence-electron chi connectivity index (χ0n) is 10.3. The van der Waals surface area contributed by atoms with E-state index in [0.29, 0.717) is 29.3 Å². The molecule has 3 rings (SSSR count). The van der Waals surface area contributed by atoms with E-state index < -0.39 is 11.5 Å². The smallest absolute Gasteiger partial charge is 0.331 e. The van der Waals surface area contributed by atoms with Crippen LogP contribution in [0.4, 0.5) is 0 Å². The van der Waals surface area contributed by atoms with Crippen LogP contribution >= 0.6 is 27.5 Å². The van der Waals surface area contributed by atoms with E-state index in [-0.39, 0.29) is 0 Å². The molecule has 6 nitrogen and oxygen atoms in total. The Kier molecular flexibility index (Phi) is 3.25. The first-order valence-corrected chi connectivity index (χ1v) is 7.19. The van der Waals surface area contributed by atoms with Crippen molar-refractivity contribution in [2.45, 2.75) is 24.8 Å². The van der Waals surface area contributed by atoms with E-state index in [1.54, 1.807) is 12.1 Å². The maximum Gasteiger partial charge on any atom is 0.331 e. The molecule has 1 heterocycles. The quantitative estimate of drug-likeness (QED) is 0.913. The third-order valence-electron chi connectivity index (χ3n) is 3.57. The average molecular weight is 358 g/mol. The normalized spacial score (nSPS) is 16.7. The lowest BCUT2D eigenvalue weighted by Gasteiger charge is -2.37. The minimum Gasteiger partial charge on any atom is -0.479 e. The fourth-order valence-electron chi connectivity index (χ4n) is 2.37. The maximum absolute atomic E-state index is 11.6. The van der Waals surface area contributed by atoms with E-state index in [4.69, 9.17) is 11.6 Å². The number of carboxylic acid groups (broad SMARTS) is 1. The monoisotopic (exact) mass is 356 g/mol. The molecule has 0 atom stereocenters. The van der Waals surface area contributed by atoms with Crippen LogP contribution in [-0.2, 0) is 10.3 Å². The molecule has 20 heavy (non-hydrogen) atoms. The van der Waals surface area contributed by atoms with Gasteiger partial charge in [0.15, 0.2) is 11.4 Å². The van der Waals surface area contributed by atoms with Crippen LogP contribution in [0.5, 0.6) is 0 Å². The molecule has 1 aromatic heterocycles. The van der Waals surface area contributed by atoms with Crippen LogP contribution < -0.4 is 0 Å². The number of aliphatic carboxylic acids is 1. The predicted octanol–water partition coefficient (Wildman–Crippen LogP) is 2.72. The lowest BCUT2D eigenvalue weighted by atomic mass is 9.76. The minimum absolute atomic E-state index is 0.412. The number of hydrogen-bond donors (Lipinski definition) is 1. The van der Waals surface area contributed by atoms with Crippen molar-refractivity contribution in [1.29, 1.82) is 0 Å². The molecule has 1 aromatic carbocycles. The van der Waals surface area contributed by atoms with Crippen molar-refractivity contribution in [3.8, 4) is 11.4 Å². The topological polar surface area (TPSA) is 80.9 Å². The van der Waals surface area contributed by atoms with E-state index in [9.17, 15) is 9.90 Å². The average Bonchev–Trinajstić information content (AvgIpc) is 2.74. The van der Waals surface area contributed by atoms with Crippen molar-refractivity contribution >= 4 is 33.5 Å². The van der Waals surface area contributed by atoms with Crippen LogP contribution in [0.15, 0.2) is 22.7 Å². The standard InChI is InChI=1S/C12H10BrClN4O2/c13-8-4-7(5-9(14)6-8)10-15-16-17-18(10)12(11(19)20)2-1-3-12/h4-6H,1-3H2,(H,19,20). The predicted molar refractivity (Wildman–Crippen MR) is 75.4 cm³/mol. The summed E-state index contributed by atoms with van der Waals surface area (Å²) < 4.78 is 2.18. The molecule has 0 radical (unpaired) electrons. The van der Waals surface area contributed by atoms with Gasteiger partial charge in [-0.3, -0.25) is 0 Å². The van der Waals surface area contributed by atoms with E-state index in [2.05, 4.69) is 31.5 Å². The van der Waals surface area contributed by atoms with Gasteiger partial charge in [0.1, 0.15) is 0 Å². The summed E-state index contributed by atoms with van der Waals surface area (Å²) in [6.45, 7) is 0. The van der Waals surface area contributed by atoms with Crippen LogP contribution in [0.2, 0.25) is 5.02 Å². The minimum atomic E-state index is -1.03. The number of hydrogen-bond acceptors (Lipinski definition) is 4. The zero-order valence-corrected chi connectivity index (χ0v) is 12.6. The Bertz CT molecular complexity index is 664. The van der Waals surface area contributed by atoms with Gasteiger partial charge in [-0.15, -0.1) is 5.10 Å². The molecule has 0 saturated heterocycles. The van der Waals surface area contributed by atoms with Crippen molar-refractivity contribution in [2.24, 2.45) is 0 Å². The van der Waals surface area contributed by atoms with E-state index >= 15 is 0 Å². The lowest BCUT2D eigenvalue weighted by Crippen LogP contribution is -2.48. The Labute approximate surface area is 127 Å². The molecule has 1 saturated carbocycles. The Morgan fingerprint density at radius 3 is 2.70 bits per heavy atom. The fourth-order valence-corrected chi connectivity index (χ4v) is 3.23. The van der Waals surface area contributed by atoms with Gasteiger partial charge in [0.2, 0.25) is 0 Å². The summed E-state index contributed by atoms with van der Waals surface area (Å²) >= 11 is 9.37. The molecule has 1 N–H and O–H groups in total. The number of rotatable bonds is 3. The van der Waals surface area contributed by atoms with Crippen LogP contribution in [0.3, 0.4) is 0 Å². The molecule has 2 aromatic rings. The van der Waals surface area contributed by atoms with Crippen LogP contribution in [0, 0.1) is 0 Å². The van der Waals surface area contributed by atoms with Crippen molar-refractivity contribution in [1.82, 2.24) is 20.2 Å². The second kappa shape index (κ2) is 4.82. The summed E-state index contributed by atoms with van der Waals surface area (Å²) in [7, 11) is 0. The Morgan fingerprint density at radius 1 is 1.40 bits per heavy atom. The molecule has 0 amide bonds. The summed E-state index contributed by atoms with van der Waals surface area (Å²) in [6, 6.07) is 5.26. The van der Waals surface area contributed by atoms with E-state index in [0.717, 1.165) is 10.9 Å². The first kappa shape index (κ1) is 13.5. The molecule has 0 spiro atoms. The number of nitrogens with zero attached hydrogens (tertiary/aromatic N) is 4. The molecule has 1 fully saturated rings. The van der Waals surface area contributed by atoms with Gasteiger partial charge < -0.3 is 5.11 Å². The summed E-state index contributed by atoms with van der Waals surface area (Å²) in [5.74, 6) is -0.492. The van der Waals surface area contributed by atoms with Gasteiger partial charge in [-0.05, 0) is 47.9 Å². The van der Waals surface area contributed by atoms with Gasteiger partial charge in [-0.2, -0.15) is 0 Å². The molecule has 0 unspecified atom stereocenters. The van der Waals surface area contributed by atoms with Crippen molar-refractivity contribution in [2.75, 3.05) is 0 Å². The molecule has 1 aliphatic rings. The number of aromatic nitrogens is 4. The lowest BCUT2D eigenvalue weighted by molar-refractivity contribution is -0.153. The second-order valence-corrected chi connectivity index (χ2v) is 6.11. The third-order valence-corrected chi connectivity index (χ3v) is 4.25. The summed E-state index contributed by atoms with van der Waals surface area (Å²) in [4.78, 5) is 11.6. The molecule has 8 heteroatoms. The van der Waals surface area contributed by atoms with Gasteiger partial charge >= 0.3 is 5.97 Å². The van der Waals surface area contributed by atoms with E-state index in [1.807, 2.05) is 6.07 Å².